The number of aromatic nitrogens is 5. The van der Waals surface area contributed by atoms with Gasteiger partial charge in [-0.25, -0.2) is 19.9 Å². The molecule has 8 heteroatoms. The van der Waals surface area contributed by atoms with E-state index < -0.39 is 0 Å². The van der Waals surface area contributed by atoms with Crippen LogP contribution >= 0.6 is 0 Å². The highest BCUT2D eigenvalue weighted by Crippen LogP contribution is 2.18. The van der Waals surface area contributed by atoms with Crippen LogP contribution in [0.25, 0.3) is 5.65 Å². The van der Waals surface area contributed by atoms with Gasteiger partial charge in [0.25, 0.3) is 0 Å². The van der Waals surface area contributed by atoms with Crippen LogP contribution in [0.3, 0.4) is 0 Å². The summed E-state index contributed by atoms with van der Waals surface area (Å²) in [6.07, 6.45) is 10.7. The van der Waals surface area contributed by atoms with Gasteiger partial charge < -0.3 is 19.4 Å². The van der Waals surface area contributed by atoms with Crippen molar-refractivity contribution in [1.82, 2.24) is 24.3 Å². The standard InChI is InChI=1S/C14H15N7O/c1-3-20-4-2-16-13(20)12(15-1)19-11-9-17-14(18-10-11)21-5-7-22-8-6-21/h1-4,9-10H,5-8H2,(H,15,19). The van der Waals surface area contributed by atoms with Crippen LogP contribution in [-0.2, 0) is 4.74 Å². The number of morpholine rings is 1. The van der Waals surface area contributed by atoms with Crippen molar-refractivity contribution in [3.63, 3.8) is 0 Å². The Hall–Kier alpha value is -2.74. The topological polar surface area (TPSA) is 80.5 Å². The Balaban J connectivity index is 1.54. The molecule has 0 atom stereocenters. The lowest BCUT2D eigenvalue weighted by molar-refractivity contribution is 0.122. The van der Waals surface area contributed by atoms with Gasteiger partial charge in [-0.05, 0) is 0 Å². The lowest BCUT2D eigenvalue weighted by atomic mass is 10.4. The number of hydrogen-bond acceptors (Lipinski definition) is 7. The smallest absolute Gasteiger partial charge is 0.225 e. The minimum absolute atomic E-state index is 0.676. The third-order valence-electron chi connectivity index (χ3n) is 3.51. The maximum atomic E-state index is 5.33. The molecule has 112 valence electrons. The Kier molecular flexibility index (Phi) is 3.28. The average molecular weight is 297 g/mol. The first-order valence-corrected chi connectivity index (χ1v) is 7.09. The predicted octanol–water partition coefficient (Wildman–Crippen LogP) is 1.10. The van der Waals surface area contributed by atoms with Crippen molar-refractivity contribution in [3.8, 4) is 0 Å². The molecular formula is C14H15N7O. The van der Waals surface area contributed by atoms with E-state index in [1.165, 1.54) is 0 Å². The van der Waals surface area contributed by atoms with Crippen molar-refractivity contribution in [2.75, 3.05) is 36.5 Å². The SMILES string of the molecule is c1cn2ccnc2c(Nc2cnc(N3CCOCC3)nc2)n1. The van der Waals surface area contributed by atoms with E-state index in [1.807, 2.05) is 16.8 Å². The maximum Gasteiger partial charge on any atom is 0.225 e. The third kappa shape index (κ3) is 2.44. The number of ether oxygens (including phenoxy) is 1. The molecule has 0 amide bonds. The lowest BCUT2D eigenvalue weighted by Gasteiger charge is -2.26. The summed E-state index contributed by atoms with van der Waals surface area (Å²) in [5, 5.41) is 3.20. The zero-order valence-corrected chi connectivity index (χ0v) is 11.9. The minimum atomic E-state index is 0.676. The molecule has 0 radical (unpaired) electrons. The highest BCUT2D eigenvalue weighted by molar-refractivity contribution is 5.69. The molecule has 1 fully saturated rings. The van der Waals surface area contributed by atoms with Gasteiger partial charge in [-0.3, -0.25) is 0 Å². The minimum Gasteiger partial charge on any atom is -0.378 e. The zero-order valence-electron chi connectivity index (χ0n) is 11.9. The fourth-order valence-electron chi connectivity index (χ4n) is 2.39. The second-order valence-corrected chi connectivity index (χ2v) is 4.93. The van der Waals surface area contributed by atoms with Gasteiger partial charge in [-0.2, -0.15) is 0 Å². The molecule has 4 rings (SSSR count). The van der Waals surface area contributed by atoms with E-state index in [0.29, 0.717) is 5.82 Å². The van der Waals surface area contributed by atoms with Gasteiger partial charge in [0.05, 0.1) is 31.3 Å². The summed E-state index contributed by atoms with van der Waals surface area (Å²) < 4.78 is 7.23. The molecule has 0 aliphatic carbocycles. The van der Waals surface area contributed by atoms with Crippen molar-refractivity contribution in [1.29, 1.82) is 0 Å². The van der Waals surface area contributed by atoms with E-state index in [-0.39, 0.29) is 0 Å². The predicted molar refractivity (Wildman–Crippen MR) is 81.3 cm³/mol. The number of fused-ring (bicyclic) bond motifs is 1. The molecule has 1 aliphatic rings. The van der Waals surface area contributed by atoms with Crippen LogP contribution < -0.4 is 10.2 Å². The van der Waals surface area contributed by atoms with Crippen LogP contribution in [0.1, 0.15) is 0 Å². The Bertz CT molecular complexity index is 764. The summed E-state index contributed by atoms with van der Waals surface area (Å²) in [4.78, 5) is 19.5. The molecule has 1 N–H and O–H groups in total. The average Bonchev–Trinajstić information content (AvgIpc) is 3.06. The largest absolute Gasteiger partial charge is 0.378 e. The van der Waals surface area contributed by atoms with Crippen LogP contribution in [0.4, 0.5) is 17.5 Å². The molecule has 0 aromatic carbocycles. The van der Waals surface area contributed by atoms with Crippen molar-refractivity contribution >= 4 is 23.1 Å². The number of rotatable bonds is 3. The molecule has 3 aromatic rings. The molecule has 0 bridgehead atoms. The summed E-state index contributed by atoms with van der Waals surface area (Å²) >= 11 is 0. The van der Waals surface area contributed by atoms with Crippen LogP contribution in [0.15, 0.2) is 37.2 Å². The zero-order chi connectivity index (χ0) is 14.8. The summed E-state index contributed by atoms with van der Waals surface area (Å²) in [5.41, 5.74) is 1.54. The van der Waals surface area contributed by atoms with Gasteiger partial charge in [0.15, 0.2) is 11.5 Å². The van der Waals surface area contributed by atoms with E-state index in [4.69, 9.17) is 4.74 Å². The quantitative estimate of drug-likeness (QED) is 0.775. The van der Waals surface area contributed by atoms with E-state index in [9.17, 15) is 0 Å². The number of imidazole rings is 1. The highest BCUT2D eigenvalue weighted by Gasteiger charge is 2.13. The van der Waals surface area contributed by atoms with Crippen LogP contribution in [0.2, 0.25) is 0 Å². The number of anilines is 3. The second-order valence-electron chi connectivity index (χ2n) is 4.93. The molecular weight excluding hydrogens is 282 g/mol. The van der Waals surface area contributed by atoms with Gasteiger partial charge >= 0.3 is 0 Å². The van der Waals surface area contributed by atoms with E-state index in [2.05, 4.69) is 30.2 Å². The first kappa shape index (κ1) is 13.0. The molecule has 0 saturated carbocycles. The fraction of sp³-hybridized carbons (Fsp3) is 0.286. The Morgan fingerprint density at radius 1 is 0.955 bits per heavy atom. The van der Waals surface area contributed by atoms with E-state index >= 15 is 0 Å². The summed E-state index contributed by atoms with van der Waals surface area (Å²) in [6.45, 7) is 3.08. The van der Waals surface area contributed by atoms with Gasteiger partial charge in [0.2, 0.25) is 5.95 Å². The normalized spacial score (nSPS) is 15.2. The molecule has 1 saturated heterocycles. The number of nitrogens with zero attached hydrogens (tertiary/aromatic N) is 6. The summed E-state index contributed by atoms with van der Waals surface area (Å²) in [7, 11) is 0. The molecule has 4 heterocycles. The second kappa shape index (κ2) is 5.57. The highest BCUT2D eigenvalue weighted by atomic mass is 16.5. The van der Waals surface area contributed by atoms with Crippen molar-refractivity contribution in [3.05, 3.63) is 37.2 Å². The summed E-state index contributed by atoms with van der Waals surface area (Å²) in [5.74, 6) is 1.40. The first-order chi connectivity index (χ1) is 10.9. The van der Waals surface area contributed by atoms with Gasteiger partial charge in [0.1, 0.15) is 0 Å². The third-order valence-corrected chi connectivity index (χ3v) is 3.51. The maximum absolute atomic E-state index is 5.33. The fourth-order valence-corrected chi connectivity index (χ4v) is 2.39. The monoisotopic (exact) mass is 297 g/mol. The molecule has 1 aliphatic heterocycles. The summed E-state index contributed by atoms with van der Waals surface area (Å²) in [6, 6.07) is 0. The van der Waals surface area contributed by atoms with Crippen molar-refractivity contribution in [2.45, 2.75) is 0 Å². The number of nitrogens with one attached hydrogen (secondary N) is 1. The van der Waals surface area contributed by atoms with Crippen LogP contribution in [0.5, 0.6) is 0 Å². The molecule has 22 heavy (non-hydrogen) atoms. The molecule has 0 unspecified atom stereocenters. The van der Waals surface area contributed by atoms with Crippen molar-refractivity contribution < 1.29 is 4.74 Å². The Morgan fingerprint density at radius 3 is 2.45 bits per heavy atom. The lowest BCUT2D eigenvalue weighted by Crippen LogP contribution is -2.37. The van der Waals surface area contributed by atoms with Gasteiger partial charge in [0, 0.05) is 37.9 Å². The van der Waals surface area contributed by atoms with Crippen LogP contribution in [-0.4, -0.2) is 50.6 Å². The first-order valence-electron chi connectivity index (χ1n) is 7.09. The Labute approximate surface area is 126 Å². The van der Waals surface area contributed by atoms with E-state index in [1.54, 1.807) is 24.8 Å². The molecule has 0 spiro atoms. The van der Waals surface area contributed by atoms with Gasteiger partial charge in [-0.15, -0.1) is 0 Å². The number of hydrogen-bond donors (Lipinski definition) is 1. The molecule has 3 aromatic heterocycles. The van der Waals surface area contributed by atoms with Gasteiger partial charge in [-0.1, -0.05) is 0 Å². The van der Waals surface area contributed by atoms with E-state index in [0.717, 1.165) is 43.6 Å². The Morgan fingerprint density at radius 2 is 1.68 bits per heavy atom. The molecule has 8 nitrogen and oxygen atoms in total. The van der Waals surface area contributed by atoms with Crippen molar-refractivity contribution in [2.24, 2.45) is 0 Å². The van der Waals surface area contributed by atoms with Crippen LogP contribution in [0, 0.1) is 0 Å².